The van der Waals surface area contributed by atoms with Crippen LogP contribution < -0.4 is 10.1 Å². The third-order valence-electron chi connectivity index (χ3n) is 4.64. The molecule has 138 valence electrons. The van der Waals surface area contributed by atoms with Gasteiger partial charge in [0, 0.05) is 23.1 Å². The molecule has 26 heavy (non-hydrogen) atoms. The first-order valence-electron chi connectivity index (χ1n) is 9.48. The van der Waals surface area contributed by atoms with E-state index in [-0.39, 0.29) is 5.91 Å². The summed E-state index contributed by atoms with van der Waals surface area (Å²) >= 11 is 2.00. The number of rotatable bonds is 8. The van der Waals surface area contributed by atoms with E-state index in [1.807, 2.05) is 66.4 Å². The van der Waals surface area contributed by atoms with Gasteiger partial charge in [-0.1, -0.05) is 55.7 Å². The maximum absolute atomic E-state index is 12.3. The molecule has 1 fully saturated rings. The van der Waals surface area contributed by atoms with Crippen molar-refractivity contribution in [2.75, 3.05) is 12.3 Å². The van der Waals surface area contributed by atoms with Gasteiger partial charge in [-0.05, 0) is 36.6 Å². The number of ether oxygens (including phenoxy) is 1. The minimum atomic E-state index is -0.0283. The highest BCUT2D eigenvalue weighted by molar-refractivity contribution is 7.99. The van der Waals surface area contributed by atoms with Crippen LogP contribution in [0.4, 0.5) is 0 Å². The van der Waals surface area contributed by atoms with Crippen molar-refractivity contribution in [3.05, 3.63) is 65.7 Å². The fraction of sp³-hybridized carbons (Fsp3) is 0.409. The normalized spacial score (nSPS) is 14.8. The smallest absolute Gasteiger partial charge is 0.251 e. The van der Waals surface area contributed by atoms with Crippen molar-refractivity contribution < 1.29 is 9.53 Å². The Bertz CT molecular complexity index is 684. The molecule has 0 radical (unpaired) electrons. The molecule has 1 aliphatic carbocycles. The lowest BCUT2D eigenvalue weighted by Crippen LogP contribution is -2.26. The predicted octanol–water partition coefficient (Wildman–Crippen LogP) is 5.06. The van der Waals surface area contributed by atoms with Gasteiger partial charge < -0.3 is 10.1 Å². The summed E-state index contributed by atoms with van der Waals surface area (Å²) in [6.45, 7) is 1.22. The standard InChI is InChI=1S/C22H27NO2S/c24-22(23-14-15-26-21-12-5-2-6-13-21)19-10-7-11-20(16-19)25-17-18-8-3-1-4-9-18/h1,3-4,7-11,16,21H,2,5-6,12-15,17H2,(H,23,24). The summed E-state index contributed by atoms with van der Waals surface area (Å²) in [4.78, 5) is 12.3. The largest absolute Gasteiger partial charge is 0.489 e. The average Bonchev–Trinajstić information content (AvgIpc) is 2.71. The molecular weight excluding hydrogens is 342 g/mol. The van der Waals surface area contributed by atoms with Crippen LogP contribution >= 0.6 is 11.8 Å². The lowest BCUT2D eigenvalue weighted by atomic mass is 10.0. The van der Waals surface area contributed by atoms with Crippen LogP contribution in [0.15, 0.2) is 54.6 Å². The monoisotopic (exact) mass is 369 g/mol. The molecule has 1 aliphatic rings. The molecule has 0 spiro atoms. The highest BCUT2D eigenvalue weighted by Gasteiger charge is 2.13. The number of nitrogens with one attached hydrogen (secondary N) is 1. The molecule has 2 aromatic carbocycles. The van der Waals surface area contributed by atoms with Gasteiger partial charge in [0.25, 0.3) is 5.91 Å². The van der Waals surface area contributed by atoms with Crippen molar-refractivity contribution in [3.63, 3.8) is 0 Å². The van der Waals surface area contributed by atoms with Gasteiger partial charge in [-0.25, -0.2) is 0 Å². The number of hydrogen-bond acceptors (Lipinski definition) is 3. The van der Waals surface area contributed by atoms with Crippen molar-refractivity contribution in [2.24, 2.45) is 0 Å². The number of thioether (sulfide) groups is 1. The molecule has 0 saturated heterocycles. The van der Waals surface area contributed by atoms with E-state index >= 15 is 0 Å². The van der Waals surface area contributed by atoms with Crippen LogP contribution in [0.5, 0.6) is 5.75 Å². The topological polar surface area (TPSA) is 38.3 Å². The minimum Gasteiger partial charge on any atom is -0.489 e. The summed E-state index contributed by atoms with van der Waals surface area (Å²) in [5.41, 5.74) is 1.76. The van der Waals surface area contributed by atoms with E-state index in [1.54, 1.807) is 0 Å². The lowest BCUT2D eigenvalue weighted by Gasteiger charge is -2.20. The second-order valence-electron chi connectivity index (χ2n) is 6.69. The van der Waals surface area contributed by atoms with Crippen LogP contribution in [0.3, 0.4) is 0 Å². The van der Waals surface area contributed by atoms with E-state index in [1.165, 1.54) is 32.1 Å². The second-order valence-corrected chi connectivity index (χ2v) is 8.10. The zero-order valence-corrected chi connectivity index (χ0v) is 16.0. The van der Waals surface area contributed by atoms with Gasteiger partial charge in [0.05, 0.1) is 0 Å². The van der Waals surface area contributed by atoms with Crippen LogP contribution in [0, 0.1) is 0 Å². The van der Waals surface area contributed by atoms with Crippen molar-refractivity contribution in [3.8, 4) is 5.75 Å². The Labute approximate surface area is 160 Å². The Hall–Kier alpha value is -1.94. The van der Waals surface area contributed by atoms with Crippen LogP contribution in [0.25, 0.3) is 0 Å². The molecule has 3 nitrogen and oxygen atoms in total. The summed E-state index contributed by atoms with van der Waals surface area (Å²) < 4.78 is 5.80. The Morgan fingerprint density at radius 2 is 1.85 bits per heavy atom. The van der Waals surface area contributed by atoms with Crippen molar-refractivity contribution >= 4 is 17.7 Å². The van der Waals surface area contributed by atoms with Gasteiger partial charge in [-0.2, -0.15) is 11.8 Å². The average molecular weight is 370 g/mol. The molecule has 3 rings (SSSR count). The molecule has 0 bridgehead atoms. The van der Waals surface area contributed by atoms with Gasteiger partial charge in [-0.3, -0.25) is 4.79 Å². The fourth-order valence-electron chi connectivity index (χ4n) is 3.19. The highest BCUT2D eigenvalue weighted by Crippen LogP contribution is 2.27. The summed E-state index contributed by atoms with van der Waals surface area (Å²) in [6.07, 6.45) is 6.77. The Morgan fingerprint density at radius 1 is 1.04 bits per heavy atom. The van der Waals surface area contributed by atoms with Crippen LogP contribution in [0.2, 0.25) is 0 Å². The van der Waals surface area contributed by atoms with Gasteiger partial charge in [-0.15, -0.1) is 0 Å². The van der Waals surface area contributed by atoms with E-state index in [0.717, 1.165) is 28.9 Å². The number of hydrogen-bond donors (Lipinski definition) is 1. The Balaban J connectivity index is 1.42. The Morgan fingerprint density at radius 3 is 2.65 bits per heavy atom. The maximum atomic E-state index is 12.3. The van der Waals surface area contributed by atoms with Gasteiger partial charge in [0.1, 0.15) is 12.4 Å². The third-order valence-corrected chi connectivity index (χ3v) is 6.02. The number of amides is 1. The maximum Gasteiger partial charge on any atom is 0.251 e. The van der Waals surface area contributed by atoms with E-state index in [4.69, 9.17) is 4.74 Å². The van der Waals surface area contributed by atoms with E-state index in [2.05, 4.69) is 5.32 Å². The molecule has 4 heteroatoms. The SMILES string of the molecule is O=C(NCCSC1CCCCC1)c1cccc(OCc2ccccc2)c1. The first kappa shape index (κ1) is 18.8. The Kier molecular flexibility index (Phi) is 7.44. The first-order chi connectivity index (χ1) is 12.8. The predicted molar refractivity (Wildman–Crippen MR) is 109 cm³/mol. The van der Waals surface area contributed by atoms with Gasteiger partial charge >= 0.3 is 0 Å². The molecule has 1 N–H and O–H groups in total. The molecule has 0 aliphatic heterocycles. The van der Waals surface area contributed by atoms with E-state index < -0.39 is 0 Å². The van der Waals surface area contributed by atoms with Crippen molar-refractivity contribution in [1.82, 2.24) is 5.32 Å². The fourth-order valence-corrected chi connectivity index (χ4v) is 4.41. The highest BCUT2D eigenvalue weighted by atomic mass is 32.2. The van der Waals surface area contributed by atoms with E-state index in [9.17, 15) is 4.79 Å². The van der Waals surface area contributed by atoms with Gasteiger partial charge in [0.15, 0.2) is 0 Å². The molecule has 1 amide bonds. The van der Waals surface area contributed by atoms with Crippen molar-refractivity contribution in [2.45, 2.75) is 44.0 Å². The minimum absolute atomic E-state index is 0.0283. The lowest BCUT2D eigenvalue weighted by molar-refractivity contribution is 0.0955. The quantitative estimate of drug-likeness (QED) is 0.661. The number of benzene rings is 2. The molecule has 1 saturated carbocycles. The van der Waals surface area contributed by atoms with Gasteiger partial charge in [0.2, 0.25) is 0 Å². The first-order valence-corrected chi connectivity index (χ1v) is 10.5. The van der Waals surface area contributed by atoms with Crippen molar-refractivity contribution in [1.29, 1.82) is 0 Å². The van der Waals surface area contributed by atoms with E-state index in [0.29, 0.717) is 12.2 Å². The molecular formula is C22H27NO2S. The zero-order valence-electron chi connectivity index (χ0n) is 15.2. The molecule has 0 atom stereocenters. The molecule has 2 aromatic rings. The molecule has 0 unspecified atom stereocenters. The summed E-state index contributed by atoms with van der Waals surface area (Å²) in [5.74, 6) is 1.68. The van der Waals surface area contributed by atoms with Crippen LogP contribution in [-0.2, 0) is 6.61 Å². The number of carbonyl (C=O) groups is 1. The summed E-state index contributed by atoms with van der Waals surface area (Å²) in [5, 5.41) is 3.81. The zero-order chi connectivity index (χ0) is 18.0. The summed E-state index contributed by atoms with van der Waals surface area (Å²) in [6, 6.07) is 17.4. The summed E-state index contributed by atoms with van der Waals surface area (Å²) in [7, 11) is 0. The second kappa shape index (κ2) is 10.3. The molecule has 0 aromatic heterocycles. The van der Waals surface area contributed by atoms with Crippen LogP contribution in [0.1, 0.15) is 48.0 Å². The molecule has 0 heterocycles. The number of carbonyl (C=O) groups excluding carboxylic acids is 1. The third kappa shape index (κ3) is 6.10. The van der Waals surface area contributed by atoms with Crippen LogP contribution in [-0.4, -0.2) is 23.5 Å².